The minimum absolute atomic E-state index is 0.201. The Labute approximate surface area is 149 Å². The second-order valence-corrected chi connectivity index (χ2v) is 7.35. The number of aliphatic hydroxyl groups excluding tert-OH is 1. The molecule has 1 heterocycles. The molecule has 0 aliphatic rings. The average Bonchev–Trinajstić information content (AvgIpc) is 2.92. The number of thioether (sulfide) groups is 1. The largest absolute Gasteiger partial charge is 0.396 e. The summed E-state index contributed by atoms with van der Waals surface area (Å²) in [6.45, 7) is 8.73. The van der Waals surface area contributed by atoms with Gasteiger partial charge in [-0.15, -0.1) is 0 Å². The molecule has 0 radical (unpaired) electrons. The van der Waals surface area contributed by atoms with Crippen molar-refractivity contribution in [2.75, 3.05) is 18.6 Å². The molecular formula is C19H29N3OS. The van der Waals surface area contributed by atoms with Gasteiger partial charge in [0.15, 0.2) is 0 Å². The number of benzene rings is 1. The van der Waals surface area contributed by atoms with Gasteiger partial charge in [0, 0.05) is 35.7 Å². The van der Waals surface area contributed by atoms with Gasteiger partial charge in [-0.05, 0) is 57.6 Å². The summed E-state index contributed by atoms with van der Waals surface area (Å²) in [5, 5.41) is 17.5. The Kier molecular flexibility index (Phi) is 6.90. The molecule has 0 spiro atoms. The Bertz CT molecular complexity index is 663. The van der Waals surface area contributed by atoms with E-state index < -0.39 is 0 Å². The van der Waals surface area contributed by atoms with Gasteiger partial charge in [0.2, 0.25) is 0 Å². The number of nitrogens with one attached hydrogen (secondary N) is 1. The van der Waals surface area contributed by atoms with Crippen molar-refractivity contribution in [1.82, 2.24) is 15.1 Å². The molecule has 1 aromatic heterocycles. The molecule has 2 atom stereocenters. The molecule has 0 saturated carbocycles. The topological polar surface area (TPSA) is 50.1 Å². The van der Waals surface area contributed by atoms with Crippen LogP contribution in [0.25, 0.3) is 5.69 Å². The summed E-state index contributed by atoms with van der Waals surface area (Å²) in [6.07, 6.45) is 4.83. The lowest BCUT2D eigenvalue weighted by Gasteiger charge is -2.22. The van der Waals surface area contributed by atoms with Gasteiger partial charge < -0.3 is 10.4 Å². The Balaban J connectivity index is 2.24. The van der Waals surface area contributed by atoms with Crippen LogP contribution >= 0.6 is 11.8 Å². The van der Waals surface area contributed by atoms with Crippen LogP contribution in [0.15, 0.2) is 24.4 Å². The maximum atomic E-state index is 9.24. The molecule has 0 bridgehead atoms. The molecule has 5 heteroatoms. The SMILES string of the molecule is CSCC(CCO)NC(C)c1cnn(-c2cc(C)ccc2C)c1C. The predicted octanol–water partition coefficient (Wildman–Crippen LogP) is 3.56. The zero-order valence-corrected chi connectivity index (χ0v) is 16.2. The summed E-state index contributed by atoms with van der Waals surface area (Å²) in [5.41, 5.74) is 5.97. The molecule has 1 aromatic carbocycles. The molecule has 2 aromatic rings. The Hall–Kier alpha value is -1.30. The average molecular weight is 348 g/mol. The van der Waals surface area contributed by atoms with Crippen molar-refractivity contribution in [2.45, 2.75) is 46.2 Å². The Morgan fingerprint density at radius 1 is 1.29 bits per heavy atom. The standard InChI is InChI=1S/C19H29N3OS/c1-13-6-7-14(2)19(10-13)22-16(4)18(11-20-22)15(3)21-17(8-9-23)12-24-5/h6-7,10-11,15,17,21,23H,8-9,12H2,1-5H3. The van der Waals surface area contributed by atoms with Crippen molar-refractivity contribution in [3.05, 3.63) is 46.8 Å². The first-order valence-corrected chi connectivity index (χ1v) is 9.85. The van der Waals surface area contributed by atoms with E-state index >= 15 is 0 Å². The first kappa shape index (κ1) is 19.0. The van der Waals surface area contributed by atoms with Gasteiger partial charge in [-0.3, -0.25) is 0 Å². The van der Waals surface area contributed by atoms with Crippen molar-refractivity contribution < 1.29 is 5.11 Å². The van der Waals surface area contributed by atoms with E-state index in [9.17, 15) is 5.11 Å². The first-order chi connectivity index (χ1) is 11.5. The number of hydrogen-bond donors (Lipinski definition) is 2. The van der Waals surface area contributed by atoms with E-state index in [0.717, 1.165) is 23.6 Å². The van der Waals surface area contributed by atoms with Crippen LogP contribution in [0, 0.1) is 20.8 Å². The molecule has 2 rings (SSSR count). The van der Waals surface area contributed by atoms with E-state index in [1.807, 2.05) is 10.9 Å². The fourth-order valence-corrected chi connectivity index (χ4v) is 3.72. The molecule has 0 amide bonds. The van der Waals surface area contributed by atoms with Gasteiger partial charge in [-0.2, -0.15) is 16.9 Å². The molecule has 132 valence electrons. The van der Waals surface area contributed by atoms with Crippen LogP contribution in [0.5, 0.6) is 0 Å². The Morgan fingerprint density at radius 3 is 2.71 bits per heavy atom. The quantitative estimate of drug-likeness (QED) is 0.766. The van der Waals surface area contributed by atoms with Gasteiger partial charge in [0.25, 0.3) is 0 Å². The molecule has 0 fully saturated rings. The summed E-state index contributed by atoms with van der Waals surface area (Å²) in [5.74, 6) is 0.995. The lowest BCUT2D eigenvalue weighted by Crippen LogP contribution is -2.34. The van der Waals surface area contributed by atoms with Crippen LogP contribution in [0.3, 0.4) is 0 Å². The minimum atomic E-state index is 0.201. The van der Waals surface area contributed by atoms with E-state index in [4.69, 9.17) is 0 Å². The van der Waals surface area contributed by atoms with Crippen LogP contribution in [0.4, 0.5) is 0 Å². The summed E-state index contributed by atoms with van der Waals surface area (Å²) in [7, 11) is 0. The summed E-state index contributed by atoms with van der Waals surface area (Å²) < 4.78 is 2.03. The van der Waals surface area contributed by atoms with Crippen LogP contribution in [0.2, 0.25) is 0 Å². The third kappa shape index (κ3) is 4.41. The lowest BCUT2D eigenvalue weighted by molar-refractivity contribution is 0.265. The third-order valence-corrected chi connectivity index (χ3v) is 5.17. The summed E-state index contributed by atoms with van der Waals surface area (Å²) in [6, 6.07) is 6.96. The molecule has 0 aliphatic carbocycles. The van der Waals surface area contributed by atoms with Crippen molar-refractivity contribution in [2.24, 2.45) is 0 Å². The minimum Gasteiger partial charge on any atom is -0.396 e. The molecular weight excluding hydrogens is 318 g/mol. The second kappa shape index (κ2) is 8.70. The van der Waals surface area contributed by atoms with Crippen molar-refractivity contribution >= 4 is 11.8 Å². The van der Waals surface area contributed by atoms with Crippen LogP contribution < -0.4 is 5.32 Å². The monoisotopic (exact) mass is 347 g/mol. The number of hydrogen-bond acceptors (Lipinski definition) is 4. The zero-order valence-electron chi connectivity index (χ0n) is 15.3. The molecule has 4 nitrogen and oxygen atoms in total. The number of rotatable bonds is 8. The fourth-order valence-electron chi connectivity index (χ4n) is 3.05. The van der Waals surface area contributed by atoms with Gasteiger partial charge in [0.05, 0.1) is 11.9 Å². The molecule has 24 heavy (non-hydrogen) atoms. The van der Waals surface area contributed by atoms with Crippen LogP contribution in [-0.4, -0.2) is 39.5 Å². The van der Waals surface area contributed by atoms with Gasteiger partial charge in [0.1, 0.15) is 0 Å². The van der Waals surface area contributed by atoms with Gasteiger partial charge in [-0.1, -0.05) is 12.1 Å². The predicted molar refractivity (Wildman–Crippen MR) is 103 cm³/mol. The fraction of sp³-hybridized carbons (Fsp3) is 0.526. The van der Waals surface area contributed by atoms with Gasteiger partial charge in [-0.25, -0.2) is 4.68 Å². The molecule has 2 unspecified atom stereocenters. The summed E-state index contributed by atoms with van der Waals surface area (Å²) in [4.78, 5) is 0. The van der Waals surface area contributed by atoms with E-state index in [1.54, 1.807) is 11.8 Å². The normalized spacial score (nSPS) is 13.9. The van der Waals surface area contributed by atoms with E-state index in [0.29, 0.717) is 6.04 Å². The smallest absolute Gasteiger partial charge is 0.0680 e. The molecule has 2 N–H and O–H groups in total. The Morgan fingerprint density at radius 2 is 2.04 bits per heavy atom. The highest BCUT2D eigenvalue weighted by molar-refractivity contribution is 7.98. The number of nitrogens with zero attached hydrogens (tertiary/aromatic N) is 2. The van der Waals surface area contributed by atoms with Crippen LogP contribution in [-0.2, 0) is 0 Å². The van der Waals surface area contributed by atoms with Crippen molar-refractivity contribution in [1.29, 1.82) is 0 Å². The van der Waals surface area contributed by atoms with Crippen molar-refractivity contribution in [3.8, 4) is 5.69 Å². The number of aliphatic hydroxyl groups is 1. The lowest BCUT2D eigenvalue weighted by atomic mass is 10.1. The number of aromatic nitrogens is 2. The number of aryl methyl sites for hydroxylation is 2. The maximum Gasteiger partial charge on any atom is 0.0680 e. The highest BCUT2D eigenvalue weighted by Crippen LogP contribution is 2.23. The van der Waals surface area contributed by atoms with E-state index in [1.165, 1.54) is 16.7 Å². The molecule has 0 saturated heterocycles. The second-order valence-electron chi connectivity index (χ2n) is 6.44. The highest BCUT2D eigenvalue weighted by atomic mass is 32.2. The van der Waals surface area contributed by atoms with E-state index in [2.05, 4.69) is 62.6 Å². The first-order valence-electron chi connectivity index (χ1n) is 8.46. The third-order valence-electron chi connectivity index (χ3n) is 4.44. The van der Waals surface area contributed by atoms with Crippen LogP contribution in [0.1, 0.15) is 41.8 Å². The summed E-state index contributed by atoms with van der Waals surface area (Å²) >= 11 is 1.80. The van der Waals surface area contributed by atoms with Crippen molar-refractivity contribution in [3.63, 3.8) is 0 Å². The van der Waals surface area contributed by atoms with E-state index in [-0.39, 0.29) is 12.6 Å². The van der Waals surface area contributed by atoms with Gasteiger partial charge >= 0.3 is 0 Å². The highest BCUT2D eigenvalue weighted by Gasteiger charge is 2.18. The molecule has 0 aliphatic heterocycles. The zero-order chi connectivity index (χ0) is 17.7. The maximum absolute atomic E-state index is 9.24.